The molecule has 1 saturated heterocycles. The Balaban J connectivity index is 1.68. The molecule has 25 heavy (non-hydrogen) atoms. The van der Waals surface area contributed by atoms with Gasteiger partial charge in [-0.05, 0) is 43.2 Å². The first-order chi connectivity index (χ1) is 12.1. The van der Waals surface area contributed by atoms with Crippen molar-refractivity contribution in [3.63, 3.8) is 0 Å². The molecule has 0 aliphatic carbocycles. The Morgan fingerprint density at radius 3 is 2.28 bits per heavy atom. The van der Waals surface area contributed by atoms with E-state index in [1.54, 1.807) is 24.3 Å². The number of nitrogens with zero attached hydrogens (tertiary/aromatic N) is 1. The van der Waals surface area contributed by atoms with E-state index in [9.17, 15) is 9.59 Å². The minimum absolute atomic E-state index is 0.152. The van der Waals surface area contributed by atoms with Crippen molar-refractivity contribution in [1.29, 1.82) is 0 Å². The third kappa shape index (κ3) is 4.50. The summed E-state index contributed by atoms with van der Waals surface area (Å²) in [4.78, 5) is 25.8. The van der Waals surface area contributed by atoms with E-state index in [-0.39, 0.29) is 11.9 Å². The van der Waals surface area contributed by atoms with Crippen LogP contribution in [0.2, 0.25) is 0 Å². The van der Waals surface area contributed by atoms with Gasteiger partial charge in [-0.1, -0.05) is 18.2 Å². The predicted molar refractivity (Wildman–Crippen MR) is 101 cm³/mol. The lowest BCUT2D eigenvalue weighted by Gasteiger charge is -2.21. The van der Waals surface area contributed by atoms with Crippen LogP contribution in [0.15, 0.2) is 48.5 Å². The fourth-order valence-corrected chi connectivity index (χ4v) is 2.98. The van der Waals surface area contributed by atoms with Gasteiger partial charge in [0, 0.05) is 31.4 Å². The number of carbonyl (C=O) groups is 2. The molecule has 3 rings (SSSR count). The van der Waals surface area contributed by atoms with E-state index in [2.05, 4.69) is 20.9 Å². The molecule has 3 amide bonds. The monoisotopic (exact) mass is 338 g/mol. The highest BCUT2D eigenvalue weighted by atomic mass is 16.2. The molecule has 6 nitrogen and oxygen atoms in total. The van der Waals surface area contributed by atoms with Gasteiger partial charge >= 0.3 is 6.03 Å². The first-order valence-corrected chi connectivity index (χ1v) is 8.41. The van der Waals surface area contributed by atoms with Crippen LogP contribution in [-0.4, -0.2) is 25.0 Å². The second-order valence-corrected chi connectivity index (χ2v) is 6.05. The smallest absolute Gasteiger partial charge is 0.323 e. The quantitative estimate of drug-likeness (QED) is 0.792. The first kappa shape index (κ1) is 16.8. The molecule has 0 bridgehead atoms. The molecule has 0 saturated carbocycles. The number of nitrogens with one attached hydrogen (secondary N) is 3. The summed E-state index contributed by atoms with van der Waals surface area (Å²) >= 11 is 0. The van der Waals surface area contributed by atoms with E-state index in [0.717, 1.165) is 24.5 Å². The molecule has 0 aromatic heterocycles. The normalized spacial score (nSPS) is 13.4. The zero-order valence-electron chi connectivity index (χ0n) is 14.2. The van der Waals surface area contributed by atoms with Gasteiger partial charge < -0.3 is 20.9 Å². The molecule has 0 atom stereocenters. The van der Waals surface area contributed by atoms with Crippen LogP contribution in [-0.2, 0) is 4.79 Å². The molecule has 1 aliphatic rings. The molecular formula is C19H22N4O2. The Morgan fingerprint density at radius 2 is 1.56 bits per heavy atom. The number of benzene rings is 2. The fraction of sp³-hybridized carbons (Fsp3) is 0.263. The zero-order chi connectivity index (χ0) is 17.6. The van der Waals surface area contributed by atoms with E-state index in [0.29, 0.717) is 11.4 Å². The van der Waals surface area contributed by atoms with Crippen molar-refractivity contribution in [3.05, 3.63) is 48.5 Å². The van der Waals surface area contributed by atoms with Crippen molar-refractivity contribution in [2.24, 2.45) is 0 Å². The van der Waals surface area contributed by atoms with Crippen LogP contribution in [0.4, 0.5) is 27.5 Å². The van der Waals surface area contributed by atoms with Crippen LogP contribution < -0.4 is 20.9 Å². The molecule has 1 heterocycles. The second kappa shape index (κ2) is 7.70. The summed E-state index contributed by atoms with van der Waals surface area (Å²) in [5, 5.41) is 8.42. The maximum atomic E-state index is 12.4. The molecule has 6 heteroatoms. The Hall–Kier alpha value is -3.02. The zero-order valence-corrected chi connectivity index (χ0v) is 14.2. The van der Waals surface area contributed by atoms with Gasteiger partial charge in [-0.25, -0.2) is 4.79 Å². The number of carbonyl (C=O) groups excluding carboxylic acids is 2. The highest BCUT2D eigenvalue weighted by Crippen LogP contribution is 2.28. The van der Waals surface area contributed by atoms with E-state index >= 15 is 0 Å². The molecule has 1 fully saturated rings. The van der Waals surface area contributed by atoms with Crippen molar-refractivity contribution in [1.82, 2.24) is 0 Å². The molecule has 3 N–H and O–H groups in total. The number of hydrogen-bond donors (Lipinski definition) is 3. The highest BCUT2D eigenvalue weighted by Gasteiger charge is 2.16. The SMILES string of the molecule is CC(=O)Nc1cccc(NC(=O)Nc2ccccc2N2CCCC2)c1. The Labute approximate surface area is 147 Å². The molecule has 1 aliphatic heterocycles. The van der Waals surface area contributed by atoms with E-state index in [1.807, 2.05) is 24.3 Å². The Kier molecular flexibility index (Phi) is 5.18. The number of para-hydroxylation sites is 2. The maximum absolute atomic E-state index is 12.4. The molecule has 0 radical (unpaired) electrons. The Bertz CT molecular complexity index is 770. The standard InChI is InChI=1S/C19H22N4O2/c1-14(24)20-15-7-6-8-16(13-15)21-19(25)22-17-9-2-3-10-18(17)23-11-4-5-12-23/h2-3,6-10,13H,4-5,11-12H2,1H3,(H,20,24)(H2,21,22,25). The largest absolute Gasteiger partial charge is 0.370 e. The van der Waals surface area contributed by atoms with Crippen molar-refractivity contribution in [2.75, 3.05) is 33.9 Å². The number of amides is 3. The lowest BCUT2D eigenvalue weighted by atomic mass is 10.2. The molecule has 130 valence electrons. The summed E-state index contributed by atoms with van der Waals surface area (Å²) in [5.74, 6) is -0.152. The average Bonchev–Trinajstić information content (AvgIpc) is 3.09. The lowest BCUT2D eigenvalue weighted by Crippen LogP contribution is -2.23. The number of hydrogen-bond acceptors (Lipinski definition) is 3. The van der Waals surface area contributed by atoms with Crippen molar-refractivity contribution in [3.8, 4) is 0 Å². The molecule has 2 aromatic rings. The van der Waals surface area contributed by atoms with E-state index in [4.69, 9.17) is 0 Å². The van der Waals surface area contributed by atoms with Crippen molar-refractivity contribution in [2.45, 2.75) is 19.8 Å². The summed E-state index contributed by atoms with van der Waals surface area (Å²) in [7, 11) is 0. The minimum atomic E-state index is -0.313. The summed E-state index contributed by atoms with van der Waals surface area (Å²) in [5.41, 5.74) is 3.09. The van der Waals surface area contributed by atoms with Crippen LogP contribution >= 0.6 is 0 Å². The summed E-state index contributed by atoms with van der Waals surface area (Å²) in [6.45, 7) is 3.47. The van der Waals surface area contributed by atoms with Gasteiger partial charge in [0.2, 0.25) is 5.91 Å². The van der Waals surface area contributed by atoms with Gasteiger partial charge in [0.05, 0.1) is 11.4 Å². The topological polar surface area (TPSA) is 73.5 Å². The summed E-state index contributed by atoms with van der Waals surface area (Å²) in [6.07, 6.45) is 2.35. The summed E-state index contributed by atoms with van der Waals surface area (Å²) < 4.78 is 0. The van der Waals surface area contributed by atoms with Crippen LogP contribution in [0.5, 0.6) is 0 Å². The fourth-order valence-electron chi connectivity index (χ4n) is 2.98. The van der Waals surface area contributed by atoms with E-state index < -0.39 is 0 Å². The lowest BCUT2D eigenvalue weighted by molar-refractivity contribution is -0.114. The van der Waals surface area contributed by atoms with Gasteiger partial charge in [0.15, 0.2) is 0 Å². The highest BCUT2D eigenvalue weighted by molar-refractivity contribution is 6.02. The molecule has 0 spiro atoms. The number of anilines is 4. The Morgan fingerprint density at radius 1 is 0.880 bits per heavy atom. The maximum Gasteiger partial charge on any atom is 0.323 e. The molecule has 0 unspecified atom stereocenters. The van der Waals surface area contributed by atoms with Crippen LogP contribution in [0.3, 0.4) is 0 Å². The summed E-state index contributed by atoms with van der Waals surface area (Å²) in [6, 6.07) is 14.5. The predicted octanol–water partition coefficient (Wildman–Crippen LogP) is 3.89. The van der Waals surface area contributed by atoms with Gasteiger partial charge in [-0.2, -0.15) is 0 Å². The van der Waals surface area contributed by atoms with Crippen LogP contribution in [0.25, 0.3) is 0 Å². The van der Waals surface area contributed by atoms with Crippen molar-refractivity contribution >= 4 is 34.7 Å². The minimum Gasteiger partial charge on any atom is -0.370 e. The van der Waals surface area contributed by atoms with Crippen LogP contribution in [0, 0.1) is 0 Å². The van der Waals surface area contributed by atoms with Crippen LogP contribution in [0.1, 0.15) is 19.8 Å². The second-order valence-electron chi connectivity index (χ2n) is 6.05. The van der Waals surface area contributed by atoms with Gasteiger partial charge in [-0.15, -0.1) is 0 Å². The number of urea groups is 1. The molecule has 2 aromatic carbocycles. The van der Waals surface area contributed by atoms with Gasteiger partial charge in [0.25, 0.3) is 0 Å². The number of rotatable bonds is 4. The van der Waals surface area contributed by atoms with E-state index in [1.165, 1.54) is 19.8 Å². The third-order valence-electron chi connectivity index (χ3n) is 4.04. The average molecular weight is 338 g/mol. The first-order valence-electron chi connectivity index (χ1n) is 8.41. The van der Waals surface area contributed by atoms with Crippen molar-refractivity contribution < 1.29 is 9.59 Å². The van der Waals surface area contributed by atoms with Gasteiger partial charge in [-0.3, -0.25) is 4.79 Å². The van der Waals surface area contributed by atoms with Gasteiger partial charge in [0.1, 0.15) is 0 Å². The third-order valence-corrected chi connectivity index (χ3v) is 4.04. The molecular weight excluding hydrogens is 316 g/mol.